The summed E-state index contributed by atoms with van der Waals surface area (Å²) < 4.78 is 49.4. The van der Waals surface area contributed by atoms with Crippen molar-refractivity contribution in [3.63, 3.8) is 0 Å². The third-order valence-electron chi connectivity index (χ3n) is 4.59. The molecule has 1 aromatic carbocycles. The fourth-order valence-corrected chi connectivity index (χ4v) is 2.84. The van der Waals surface area contributed by atoms with E-state index in [1.165, 1.54) is 6.92 Å². The van der Waals surface area contributed by atoms with Crippen LogP contribution in [0.15, 0.2) is 36.4 Å². The van der Waals surface area contributed by atoms with Gasteiger partial charge in [0.2, 0.25) is 0 Å². The maximum Gasteiger partial charge on any atom is 0.419 e. The average molecular weight is 372 g/mol. The SMILES string of the molecule is C=C(C)C(=O)Oc1ccc(C2(OCC(C)(O)C(F)(F)F)CCCC2)cc1. The van der Waals surface area contributed by atoms with E-state index in [1.54, 1.807) is 24.3 Å². The van der Waals surface area contributed by atoms with E-state index in [2.05, 4.69) is 6.58 Å². The number of hydrogen-bond acceptors (Lipinski definition) is 4. The van der Waals surface area contributed by atoms with Crippen LogP contribution in [0, 0.1) is 0 Å². The Morgan fingerprint density at radius 3 is 2.23 bits per heavy atom. The van der Waals surface area contributed by atoms with E-state index in [0.717, 1.165) is 12.8 Å². The van der Waals surface area contributed by atoms with E-state index in [9.17, 15) is 23.1 Å². The van der Waals surface area contributed by atoms with E-state index < -0.39 is 30.0 Å². The molecule has 1 unspecified atom stereocenters. The molecule has 1 N–H and O–H groups in total. The molecule has 0 amide bonds. The lowest BCUT2D eigenvalue weighted by Gasteiger charge is -2.35. The maximum absolute atomic E-state index is 12.9. The molecule has 0 heterocycles. The Hall–Kier alpha value is -1.86. The first kappa shape index (κ1) is 20.5. The first-order valence-electron chi connectivity index (χ1n) is 8.38. The molecule has 1 aromatic rings. The van der Waals surface area contributed by atoms with E-state index >= 15 is 0 Å². The van der Waals surface area contributed by atoms with Crippen molar-refractivity contribution in [1.29, 1.82) is 0 Å². The van der Waals surface area contributed by atoms with Crippen LogP contribution in [-0.2, 0) is 15.1 Å². The number of carbonyl (C=O) groups excluding carboxylic acids is 1. The number of halogens is 3. The Labute approximate surface area is 150 Å². The van der Waals surface area contributed by atoms with Gasteiger partial charge in [-0.15, -0.1) is 0 Å². The van der Waals surface area contributed by atoms with Gasteiger partial charge in [0, 0.05) is 5.57 Å². The fraction of sp³-hybridized carbons (Fsp3) is 0.526. The molecule has 1 aliphatic rings. The van der Waals surface area contributed by atoms with Crippen LogP contribution >= 0.6 is 0 Å². The number of aliphatic hydroxyl groups is 1. The van der Waals surface area contributed by atoms with Crippen LogP contribution in [0.4, 0.5) is 13.2 Å². The van der Waals surface area contributed by atoms with Gasteiger partial charge in [0.1, 0.15) is 5.75 Å². The number of ether oxygens (including phenoxy) is 2. The molecular formula is C19H23F3O4. The molecule has 0 spiro atoms. The molecule has 144 valence electrons. The highest BCUT2D eigenvalue weighted by molar-refractivity contribution is 5.88. The highest BCUT2D eigenvalue weighted by Crippen LogP contribution is 2.44. The maximum atomic E-state index is 12.9. The van der Waals surface area contributed by atoms with Crippen LogP contribution in [0.5, 0.6) is 5.75 Å². The van der Waals surface area contributed by atoms with Gasteiger partial charge >= 0.3 is 12.1 Å². The van der Waals surface area contributed by atoms with Crippen LogP contribution in [-0.4, -0.2) is 29.5 Å². The molecule has 0 radical (unpaired) electrons. The van der Waals surface area contributed by atoms with Crippen molar-refractivity contribution in [2.24, 2.45) is 0 Å². The molecule has 0 aromatic heterocycles. The number of alkyl halides is 3. The first-order chi connectivity index (χ1) is 12.0. The van der Waals surface area contributed by atoms with Crippen molar-refractivity contribution in [2.75, 3.05) is 6.61 Å². The third kappa shape index (κ3) is 4.45. The number of benzene rings is 1. The molecule has 0 aliphatic heterocycles. The predicted molar refractivity (Wildman–Crippen MR) is 89.7 cm³/mol. The highest BCUT2D eigenvalue weighted by Gasteiger charge is 2.52. The Balaban J connectivity index is 2.16. The Kier molecular flexibility index (Phi) is 5.82. The summed E-state index contributed by atoms with van der Waals surface area (Å²) in [6.07, 6.45) is -2.01. The van der Waals surface area contributed by atoms with Gasteiger partial charge in [0.05, 0.1) is 12.2 Å². The van der Waals surface area contributed by atoms with Gasteiger partial charge in [-0.25, -0.2) is 4.79 Å². The zero-order valence-electron chi connectivity index (χ0n) is 14.9. The molecule has 1 fully saturated rings. The minimum Gasteiger partial charge on any atom is -0.423 e. The summed E-state index contributed by atoms with van der Waals surface area (Å²) >= 11 is 0. The summed E-state index contributed by atoms with van der Waals surface area (Å²) in [6, 6.07) is 6.49. The normalized spacial score (nSPS) is 19.0. The average Bonchev–Trinajstić information content (AvgIpc) is 3.03. The van der Waals surface area contributed by atoms with Crippen LogP contribution in [0.1, 0.15) is 45.1 Å². The van der Waals surface area contributed by atoms with Gasteiger partial charge in [-0.1, -0.05) is 31.6 Å². The molecule has 1 aliphatic carbocycles. The lowest BCUT2D eigenvalue weighted by molar-refractivity contribution is -0.278. The van der Waals surface area contributed by atoms with Crippen LogP contribution in [0.3, 0.4) is 0 Å². The van der Waals surface area contributed by atoms with Crippen LogP contribution < -0.4 is 4.74 Å². The van der Waals surface area contributed by atoms with E-state index in [1.807, 2.05) is 0 Å². The second-order valence-electron chi connectivity index (χ2n) is 6.96. The van der Waals surface area contributed by atoms with Crippen LogP contribution in [0.25, 0.3) is 0 Å². The summed E-state index contributed by atoms with van der Waals surface area (Å²) in [5.74, 6) is -0.233. The minimum absolute atomic E-state index is 0.263. The zero-order valence-corrected chi connectivity index (χ0v) is 14.9. The van der Waals surface area contributed by atoms with E-state index in [0.29, 0.717) is 31.1 Å². The molecule has 1 atom stereocenters. The molecular weight excluding hydrogens is 349 g/mol. The number of carbonyl (C=O) groups is 1. The van der Waals surface area contributed by atoms with Gasteiger partial charge in [0.25, 0.3) is 0 Å². The van der Waals surface area contributed by atoms with Crippen molar-refractivity contribution in [3.8, 4) is 5.75 Å². The first-order valence-corrected chi connectivity index (χ1v) is 8.38. The largest absolute Gasteiger partial charge is 0.423 e. The van der Waals surface area contributed by atoms with Crippen molar-refractivity contribution >= 4 is 5.97 Å². The monoisotopic (exact) mass is 372 g/mol. The lowest BCUT2D eigenvalue weighted by Crippen LogP contribution is -2.48. The summed E-state index contributed by atoms with van der Waals surface area (Å²) in [6.45, 7) is 4.89. The number of hydrogen-bond donors (Lipinski definition) is 1. The molecule has 2 rings (SSSR count). The molecule has 26 heavy (non-hydrogen) atoms. The number of rotatable bonds is 6. The molecule has 1 saturated carbocycles. The van der Waals surface area contributed by atoms with Gasteiger partial charge in [-0.05, 0) is 44.4 Å². The molecule has 0 saturated heterocycles. The van der Waals surface area contributed by atoms with Crippen molar-refractivity contribution < 1.29 is 32.5 Å². The number of esters is 1. The summed E-state index contributed by atoms with van der Waals surface area (Å²) in [5.41, 5.74) is -2.84. The van der Waals surface area contributed by atoms with Gasteiger partial charge < -0.3 is 14.6 Å². The zero-order chi connectivity index (χ0) is 19.6. The smallest absolute Gasteiger partial charge is 0.419 e. The van der Waals surface area contributed by atoms with E-state index in [-0.39, 0.29) is 5.57 Å². The summed E-state index contributed by atoms with van der Waals surface area (Å²) in [5, 5.41) is 9.65. The topological polar surface area (TPSA) is 55.8 Å². The second kappa shape index (κ2) is 7.40. The fourth-order valence-electron chi connectivity index (χ4n) is 2.84. The van der Waals surface area contributed by atoms with Gasteiger partial charge in [-0.3, -0.25) is 0 Å². The van der Waals surface area contributed by atoms with Gasteiger partial charge in [0.15, 0.2) is 5.60 Å². The predicted octanol–water partition coefficient (Wildman–Crippen LogP) is 4.27. The Bertz CT molecular complexity index is 656. The quantitative estimate of drug-likeness (QED) is 0.460. The second-order valence-corrected chi connectivity index (χ2v) is 6.96. The third-order valence-corrected chi connectivity index (χ3v) is 4.59. The van der Waals surface area contributed by atoms with E-state index in [4.69, 9.17) is 9.47 Å². The Morgan fingerprint density at radius 1 is 1.23 bits per heavy atom. The summed E-state index contributed by atoms with van der Waals surface area (Å²) in [7, 11) is 0. The molecule has 4 nitrogen and oxygen atoms in total. The van der Waals surface area contributed by atoms with Crippen molar-refractivity contribution in [2.45, 2.75) is 56.9 Å². The Morgan fingerprint density at radius 2 is 1.77 bits per heavy atom. The highest BCUT2D eigenvalue weighted by atomic mass is 19.4. The lowest BCUT2D eigenvalue weighted by atomic mass is 9.91. The standard InChI is InChI=1S/C19H23F3O4/c1-13(2)16(23)26-15-8-6-14(7-9-15)18(10-4-5-11-18)25-12-17(3,24)19(20,21)22/h6-9,24H,1,4-5,10-12H2,2-3H3. The van der Waals surface area contributed by atoms with Crippen LogP contribution in [0.2, 0.25) is 0 Å². The molecule has 0 bridgehead atoms. The minimum atomic E-state index is -4.77. The van der Waals surface area contributed by atoms with Crippen molar-refractivity contribution in [1.82, 2.24) is 0 Å². The van der Waals surface area contributed by atoms with Gasteiger partial charge in [-0.2, -0.15) is 13.2 Å². The summed E-state index contributed by atoms with van der Waals surface area (Å²) in [4.78, 5) is 11.5. The molecule has 7 heteroatoms. The van der Waals surface area contributed by atoms with Crippen molar-refractivity contribution in [3.05, 3.63) is 42.0 Å².